The fourth-order valence-electron chi connectivity index (χ4n) is 2.96. The zero-order chi connectivity index (χ0) is 18.8. The van der Waals surface area contributed by atoms with Crippen molar-refractivity contribution in [3.63, 3.8) is 0 Å². The van der Waals surface area contributed by atoms with Crippen molar-refractivity contribution in [2.45, 2.75) is 39.7 Å². The standard InChI is InChI=1S/C19H19Cl2N3O2/c1-11-17(21)12(2)22-19-18(11)23-15(4-3-5-16(25)26)24(19)10-13-6-8-14(20)9-7-13/h6-9H,3-5,10H2,1-2H3,(H,25,26). The number of pyridine rings is 1. The molecule has 0 spiro atoms. The second-order valence-electron chi connectivity index (χ2n) is 6.30. The van der Waals surface area contributed by atoms with Gasteiger partial charge in [0.1, 0.15) is 11.3 Å². The van der Waals surface area contributed by atoms with Crippen LogP contribution in [0, 0.1) is 13.8 Å². The molecule has 0 atom stereocenters. The van der Waals surface area contributed by atoms with E-state index >= 15 is 0 Å². The van der Waals surface area contributed by atoms with Crippen molar-refractivity contribution in [3.8, 4) is 0 Å². The molecule has 0 aliphatic carbocycles. The Morgan fingerprint density at radius 3 is 2.50 bits per heavy atom. The van der Waals surface area contributed by atoms with Crippen molar-refractivity contribution in [3.05, 3.63) is 57.0 Å². The lowest BCUT2D eigenvalue weighted by Gasteiger charge is -2.10. The molecule has 1 N–H and O–H groups in total. The van der Waals surface area contributed by atoms with Crippen molar-refractivity contribution < 1.29 is 9.90 Å². The maximum absolute atomic E-state index is 10.8. The second kappa shape index (κ2) is 7.64. The van der Waals surface area contributed by atoms with Crippen molar-refractivity contribution in [1.82, 2.24) is 14.5 Å². The summed E-state index contributed by atoms with van der Waals surface area (Å²) >= 11 is 12.3. The van der Waals surface area contributed by atoms with Crippen LogP contribution in [0.5, 0.6) is 0 Å². The highest BCUT2D eigenvalue weighted by molar-refractivity contribution is 6.32. The first-order valence-corrected chi connectivity index (χ1v) is 9.10. The Balaban J connectivity index is 2.06. The van der Waals surface area contributed by atoms with Crippen LogP contribution in [-0.2, 0) is 17.8 Å². The number of imidazole rings is 1. The zero-order valence-corrected chi connectivity index (χ0v) is 16.1. The summed E-state index contributed by atoms with van der Waals surface area (Å²) in [6.07, 6.45) is 1.19. The number of hydrogen-bond acceptors (Lipinski definition) is 3. The normalized spacial score (nSPS) is 11.2. The monoisotopic (exact) mass is 391 g/mol. The molecule has 2 heterocycles. The third kappa shape index (κ3) is 3.84. The molecular weight excluding hydrogens is 373 g/mol. The second-order valence-corrected chi connectivity index (χ2v) is 7.11. The van der Waals surface area contributed by atoms with Crippen molar-refractivity contribution in [2.24, 2.45) is 0 Å². The molecule has 1 aromatic carbocycles. The summed E-state index contributed by atoms with van der Waals surface area (Å²) in [4.78, 5) is 20.2. The number of aliphatic carboxylic acids is 1. The fraction of sp³-hybridized carbons (Fsp3) is 0.316. The average Bonchev–Trinajstić information content (AvgIpc) is 2.92. The molecule has 0 saturated heterocycles. The highest BCUT2D eigenvalue weighted by atomic mass is 35.5. The van der Waals surface area contributed by atoms with E-state index < -0.39 is 5.97 Å². The lowest BCUT2D eigenvalue weighted by Crippen LogP contribution is -2.07. The van der Waals surface area contributed by atoms with Crippen molar-refractivity contribution >= 4 is 40.3 Å². The highest BCUT2D eigenvalue weighted by Gasteiger charge is 2.17. The van der Waals surface area contributed by atoms with Gasteiger partial charge in [0.15, 0.2) is 5.65 Å². The van der Waals surface area contributed by atoms with Gasteiger partial charge in [0.05, 0.1) is 17.3 Å². The van der Waals surface area contributed by atoms with E-state index in [1.807, 2.05) is 42.7 Å². The first-order valence-electron chi connectivity index (χ1n) is 8.35. The summed E-state index contributed by atoms with van der Waals surface area (Å²) in [7, 11) is 0. The van der Waals surface area contributed by atoms with Gasteiger partial charge in [-0.05, 0) is 43.5 Å². The van der Waals surface area contributed by atoms with Gasteiger partial charge in [-0.3, -0.25) is 4.79 Å². The number of benzene rings is 1. The van der Waals surface area contributed by atoms with E-state index in [1.165, 1.54) is 0 Å². The van der Waals surface area contributed by atoms with Gasteiger partial charge in [0, 0.05) is 17.9 Å². The van der Waals surface area contributed by atoms with E-state index in [-0.39, 0.29) is 6.42 Å². The van der Waals surface area contributed by atoms with Gasteiger partial charge in [-0.2, -0.15) is 0 Å². The first kappa shape index (κ1) is 18.7. The SMILES string of the molecule is Cc1nc2c(nc(CCCC(=O)O)n2Cc2ccc(Cl)cc2)c(C)c1Cl. The molecule has 136 valence electrons. The van der Waals surface area contributed by atoms with Gasteiger partial charge in [-0.1, -0.05) is 35.3 Å². The maximum Gasteiger partial charge on any atom is 0.303 e. The zero-order valence-electron chi connectivity index (χ0n) is 14.6. The summed E-state index contributed by atoms with van der Waals surface area (Å²) in [5.41, 5.74) is 4.25. The first-order chi connectivity index (χ1) is 12.4. The van der Waals surface area contributed by atoms with Crippen LogP contribution in [0.15, 0.2) is 24.3 Å². The number of carboxylic acid groups (broad SMARTS) is 1. The molecular formula is C19H19Cl2N3O2. The van der Waals surface area contributed by atoms with E-state index in [4.69, 9.17) is 33.3 Å². The third-order valence-electron chi connectivity index (χ3n) is 4.34. The summed E-state index contributed by atoms with van der Waals surface area (Å²) in [6, 6.07) is 7.62. The van der Waals surface area contributed by atoms with E-state index in [0.717, 1.165) is 33.8 Å². The van der Waals surface area contributed by atoms with Crippen LogP contribution in [0.1, 0.15) is 35.5 Å². The summed E-state index contributed by atoms with van der Waals surface area (Å²) in [5.74, 6) is 0.00650. The Hall–Kier alpha value is -2.11. The number of carbonyl (C=O) groups is 1. The quantitative estimate of drug-likeness (QED) is 0.654. The number of nitrogens with zero attached hydrogens (tertiary/aromatic N) is 3. The molecule has 0 unspecified atom stereocenters. The van der Waals surface area contributed by atoms with Crippen LogP contribution < -0.4 is 0 Å². The molecule has 26 heavy (non-hydrogen) atoms. The molecule has 0 aliphatic rings. The summed E-state index contributed by atoms with van der Waals surface area (Å²) in [5, 5.41) is 10.2. The summed E-state index contributed by atoms with van der Waals surface area (Å²) < 4.78 is 2.04. The lowest BCUT2D eigenvalue weighted by atomic mass is 10.2. The van der Waals surface area contributed by atoms with Gasteiger partial charge < -0.3 is 9.67 Å². The number of carboxylic acids is 1. The topological polar surface area (TPSA) is 68.0 Å². The van der Waals surface area contributed by atoms with Gasteiger partial charge in [0.2, 0.25) is 0 Å². The Kier molecular flexibility index (Phi) is 5.49. The minimum Gasteiger partial charge on any atom is -0.481 e. The van der Waals surface area contributed by atoms with Crippen LogP contribution >= 0.6 is 23.2 Å². The third-order valence-corrected chi connectivity index (χ3v) is 5.15. The molecule has 0 aliphatic heterocycles. The minimum absolute atomic E-state index is 0.107. The van der Waals surface area contributed by atoms with Crippen LogP contribution in [0.2, 0.25) is 10.0 Å². The molecule has 3 rings (SSSR count). The van der Waals surface area contributed by atoms with Crippen LogP contribution in [0.4, 0.5) is 0 Å². The molecule has 5 nitrogen and oxygen atoms in total. The fourth-order valence-corrected chi connectivity index (χ4v) is 3.22. The minimum atomic E-state index is -0.807. The van der Waals surface area contributed by atoms with Crippen LogP contribution in [-0.4, -0.2) is 25.6 Å². The maximum atomic E-state index is 10.8. The number of aryl methyl sites for hydroxylation is 3. The molecule has 3 aromatic rings. The average molecular weight is 392 g/mol. The Morgan fingerprint density at radius 1 is 1.15 bits per heavy atom. The molecule has 7 heteroatoms. The van der Waals surface area contributed by atoms with Crippen LogP contribution in [0.25, 0.3) is 11.2 Å². The number of aromatic nitrogens is 3. The van der Waals surface area contributed by atoms with E-state index in [0.29, 0.717) is 29.4 Å². The smallest absolute Gasteiger partial charge is 0.303 e. The predicted octanol–water partition coefficient (Wildman–Crippen LogP) is 4.81. The molecule has 0 saturated carbocycles. The van der Waals surface area contributed by atoms with E-state index in [9.17, 15) is 4.79 Å². The van der Waals surface area contributed by atoms with Gasteiger partial charge in [-0.25, -0.2) is 9.97 Å². The molecule has 2 aromatic heterocycles. The van der Waals surface area contributed by atoms with E-state index in [2.05, 4.69) is 4.98 Å². The van der Waals surface area contributed by atoms with Gasteiger partial charge >= 0.3 is 5.97 Å². The molecule has 0 bridgehead atoms. The number of hydrogen-bond donors (Lipinski definition) is 1. The Morgan fingerprint density at radius 2 is 1.85 bits per heavy atom. The highest BCUT2D eigenvalue weighted by Crippen LogP contribution is 2.28. The number of rotatable bonds is 6. The van der Waals surface area contributed by atoms with Crippen molar-refractivity contribution in [1.29, 1.82) is 0 Å². The number of halogens is 2. The summed E-state index contributed by atoms with van der Waals surface area (Å²) in [6.45, 7) is 4.39. The Bertz CT molecular complexity index is 965. The van der Waals surface area contributed by atoms with Crippen molar-refractivity contribution in [2.75, 3.05) is 0 Å². The molecule has 0 radical (unpaired) electrons. The largest absolute Gasteiger partial charge is 0.481 e. The molecule has 0 amide bonds. The Labute approximate surface area is 161 Å². The lowest BCUT2D eigenvalue weighted by molar-refractivity contribution is -0.137. The van der Waals surface area contributed by atoms with Gasteiger partial charge in [-0.15, -0.1) is 0 Å². The van der Waals surface area contributed by atoms with E-state index in [1.54, 1.807) is 0 Å². The predicted molar refractivity (Wildman–Crippen MR) is 103 cm³/mol. The number of fused-ring (bicyclic) bond motifs is 1. The molecule has 0 fully saturated rings. The van der Waals surface area contributed by atoms with Crippen LogP contribution in [0.3, 0.4) is 0 Å². The van der Waals surface area contributed by atoms with Gasteiger partial charge in [0.25, 0.3) is 0 Å².